The van der Waals surface area contributed by atoms with E-state index in [-0.39, 0.29) is 6.04 Å². The van der Waals surface area contributed by atoms with Crippen molar-refractivity contribution in [2.45, 2.75) is 32.7 Å². The minimum absolute atomic E-state index is 0.0641. The molecule has 0 spiro atoms. The monoisotopic (exact) mass is 217 g/mol. The third-order valence-corrected chi connectivity index (χ3v) is 2.45. The van der Waals surface area contributed by atoms with Crippen LogP contribution >= 0.6 is 0 Å². The first-order valence-corrected chi connectivity index (χ1v) is 5.57. The molecule has 1 atom stereocenters. The van der Waals surface area contributed by atoms with Gasteiger partial charge in [0.1, 0.15) is 5.75 Å². The van der Waals surface area contributed by atoms with Gasteiger partial charge in [-0.05, 0) is 37.5 Å². The minimum Gasteiger partial charge on any atom is -0.493 e. The molecular weight excluding hydrogens is 198 g/mol. The van der Waals surface area contributed by atoms with Crippen molar-refractivity contribution >= 4 is 0 Å². The highest BCUT2D eigenvalue weighted by molar-refractivity contribution is 5.37. The Hall–Kier alpha value is -1.46. The van der Waals surface area contributed by atoms with Gasteiger partial charge in [0.25, 0.3) is 0 Å². The van der Waals surface area contributed by atoms with Gasteiger partial charge in [-0.15, -0.1) is 12.3 Å². The molecule has 0 aliphatic rings. The van der Waals surface area contributed by atoms with Crippen LogP contribution in [0.3, 0.4) is 0 Å². The summed E-state index contributed by atoms with van der Waals surface area (Å²) < 4.78 is 5.64. The van der Waals surface area contributed by atoms with Crippen molar-refractivity contribution in [2.75, 3.05) is 6.61 Å². The molecule has 1 aromatic carbocycles. The maximum absolute atomic E-state index is 5.81. The molecule has 0 aliphatic heterocycles. The summed E-state index contributed by atoms with van der Waals surface area (Å²) in [6.45, 7) is 4.67. The number of aryl methyl sites for hydroxylation is 1. The lowest BCUT2D eigenvalue weighted by atomic mass is 10.1. The molecule has 0 amide bonds. The standard InChI is InChI=1S/C14H19NO/c1-4-5-6-9-16-14-8-7-13(12(3)15)10-11(14)2/h1,7-8,10,12H,5-6,9,15H2,2-3H3/t12-/m1/s1. The number of terminal acetylenes is 1. The van der Waals surface area contributed by atoms with Crippen LogP contribution in [0, 0.1) is 19.3 Å². The summed E-state index contributed by atoms with van der Waals surface area (Å²) in [6, 6.07) is 6.12. The Bertz CT molecular complexity index is 377. The molecule has 0 saturated heterocycles. The third kappa shape index (κ3) is 3.60. The predicted molar refractivity (Wildman–Crippen MR) is 67.3 cm³/mol. The summed E-state index contributed by atoms with van der Waals surface area (Å²) >= 11 is 0. The molecule has 2 N–H and O–H groups in total. The van der Waals surface area contributed by atoms with E-state index >= 15 is 0 Å². The Morgan fingerprint density at radius 2 is 2.25 bits per heavy atom. The lowest BCUT2D eigenvalue weighted by molar-refractivity contribution is 0.311. The molecule has 2 heteroatoms. The van der Waals surface area contributed by atoms with E-state index in [1.54, 1.807) is 0 Å². The van der Waals surface area contributed by atoms with E-state index in [9.17, 15) is 0 Å². The van der Waals surface area contributed by atoms with Crippen LogP contribution in [0.4, 0.5) is 0 Å². The topological polar surface area (TPSA) is 35.2 Å². The second kappa shape index (κ2) is 6.19. The fourth-order valence-corrected chi connectivity index (χ4v) is 1.47. The van der Waals surface area contributed by atoms with Gasteiger partial charge in [0.05, 0.1) is 6.61 Å². The minimum atomic E-state index is 0.0641. The zero-order valence-corrected chi connectivity index (χ0v) is 9.99. The highest BCUT2D eigenvalue weighted by Gasteiger charge is 2.03. The molecule has 0 aromatic heterocycles. The van der Waals surface area contributed by atoms with Gasteiger partial charge in [0, 0.05) is 12.5 Å². The number of hydrogen-bond donors (Lipinski definition) is 1. The van der Waals surface area contributed by atoms with Gasteiger partial charge >= 0.3 is 0 Å². The average Bonchev–Trinajstić information content (AvgIpc) is 2.26. The largest absolute Gasteiger partial charge is 0.493 e. The molecule has 86 valence electrons. The van der Waals surface area contributed by atoms with Crippen molar-refractivity contribution < 1.29 is 4.74 Å². The van der Waals surface area contributed by atoms with E-state index in [1.165, 1.54) is 0 Å². The van der Waals surface area contributed by atoms with Crippen LogP contribution in [0.5, 0.6) is 5.75 Å². The summed E-state index contributed by atoms with van der Waals surface area (Å²) in [5.74, 6) is 3.51. The maximum Gasteiger partial charge on any atom is 0.122 e. The first kappa shape index (κ1) is 12.6. The highest BCUT2D eigenvalue weighted by Crippen LogP contribution is 2.21. The molecule has 0 aliphatic carbocycles. The van der Waals surface area contributed by atoms with E-state index < -0.39 is 0 Å². The molecule has 2 nitrogen and oxygen atoms in total. The van der Waals surface area contributed by atoms with Gasteiger partial charge in [-0.25, -0.2) is 0 Å². The summed E-state index contributed by atoms with van der Waals surface area (Å²) in [7, 11) is 0. The zero-order valence-electron chi connectivity index (χ0n) is 9.99. The first-order valence-electron chi connectivity index (χ1n) is 5.57. The Morgan fingerprint density at radius 3 is 2.81 bits per heavy atom. The highest BCUT2D eigenvalue weighted by atomic mass is 16.5. The van der Waals surface area contributed by atoms with Crippen molar-refractivity contribution in [3.63, 3.8) is 0 Å². The molecule has 16 heavy (non-hydrogen) atoms. The van der Waals surface area contributed by atoms with Crippen molar-refractivity contribution in [2.24, 2.45) is 5.73 Å². The van der Waals surface area contributed by atoms with E-state index in [0.717, 1.165) is 29.7 Å². The Balaban J connectivity index is 2.58. The zero-order chi connectivity index (χ0) is 12.0. The molecule has 0 radical (unpaired) electrons. The van der Waals surface area contributed by atoms with Gasteiger partial charge in [-0.1, -0.05) is 12.1 Å². The molecule has 0 unspecified atom stereocenters. The first-order chi connectivity index (χ1) is 7.65. The second-order valence-corrected chi connectivity index (χ2v) is 3.97. The van der Waals surface area contributed by atoms with Crippen LogP contribution in [0.25, 0.3) is 0 Å². The Morgan fingerprint density at radius 1 is 1.50 bits per heavy atom. The molecule has 0 saturated carbocycles. The summed E-state index contributed by atoms with van der Waals surface area (Å²) in [5.41, 5.74) is 8.06. The normalized spacial score (nSPS) is 11.9. The number of ether oxygens (including phenoxy) is 1. The number of nitrogens with two attached hydrogens (primary N) is 1. The van der Waals surface area contributed by atoms with Crippen molar-refractivity contribution in [3.8, 4) is 18.1 Å². The molecule has 1 aromatic rings. The van der Waals surface area contributed by atoms with E-state index in [1.807, 2.05) is 26.0 Å². The number of rotatable bonds is 5. The van der Waals surface area contributed by atoms with Gasteiger partial charge < -0.3 is 10.5 Å². The van der Waals surface area contributed by atoms with Crippen molar-refractivity contribution in [3.05, 3.63) is 29.3 Å². The third-order valence-electron chi connectivity index (χ3n) is 2.45. The van der Waals surface area contributed by atoms with Crippen molar-refractivity contribution in [1.29, 1.82) is 0 Å². The lowest BCUT2D eigenvalue weighted by Crippen LogP contribution is -2.06. The van der Waals surface area contributed by atoms with E-state index in [2.05, 4.69) is 12.0 Å². The van der Waals surface area contributed by atoms with Gasteiger partial charge in [0.15, 0.2) is 0 Å². The predicted octanol–water partition coefficient (Wildman–Crippen LogP) is 2.81. The quantitative estimate of drug-likeness (QED) is 0.608. The van der Waals surface area contributed by atoms with E-state index in [0.29, 0.717) is 6.61 Å². The SMILES string of the molecule is C#CCCCOc1ccc([C@@H](C)N)cc1C. The van der Waals surface area contributed by atoms with Crippen LogP contribution in [-0.4, -0.2) is 6.61 Å². The maximum atomic E-state index is 5.81. The second-order valence-electron chi connectivity index (χ2n) is 3.97. The summed E-state index contributed by atoms with van der Waals surface area (Å²) in [6.07, 6.45) is 6.83. The van der Waals surface area contributed by atoms with Crippen LogP contribution < -0.4 is 10.5 Å². The van der Waals surface area contributed by atoms with Crippen LogP contribution in [-0.2, 0) is 0 Å². The summed E-state index contributed by atoms with van der Waals surface area (Å²) in [4.78, 5) is 0. The number of unbranched alkanes of at least 4 members (excludes halogenated alkanes) is 1. The molecule has 1 rings (SSSR count). The van der Waals surface area contributed by atoms with Crippen LogP contribution in [0.1, 0.15) is 36.9 Å². The fourth-order valence-electron chi connectivity index (χ4n) is 1.47. The summed E-state index contributed by atoms with van der Waals surface area (Å²) in [5, 5.41) is 0. The smallest absolute Gasteiger partial charge is 0.122 e. The Kier molecular flexibility index (Phi) is 4.88. The fraction of sp³-hybridized carbons (Fsp3) is 0.429. The van der Waals surface area contributed by atoms with E-state index in [4.69, 9.17) is 16.9 Å². The molecule has 0 heterocycles. The van der Waals surface area contributed by atoms with Crippen molar-refractivity contribution in [1.82, 2.24) is 0 Å². The average molecular weight is 217 g/mol. The van der Waals surface area contributed by atoms with Gasteiger partial charge in [-0.3, -0.25) is 0 Å². The molecular formula is C14H19NO. The molecule has 0 bridgehead atoms. The Labute approximate surface area is 97.8 Å². The molecule has 0 fully saturated rings. The van der Waals surface area contributed by atoms with Gasteiger partial charge in [0.2, 0.25) is 0 Å². The number of hydrogen-bond acceptors (Lipinski definition) is 2. The number of benzene rings is 1. The van der Waals surface area contributed by atoms with Gasteiger partial charge in [-0.2, -0.15) is 0 Å². The van der Waals surface area contributed by atoms with Crippen LogP contribution in [0.15, 0.2) is 18.2 Å². The van der Waals surface area contributed by atoms with Crippen LogP contribution in [0.2, 0.25) is 0 Å². The lowest BCUT2D eigenvalue weighted by Gasteiger charge is -2.11.